The molecule has 0 saturated heterocycles. The maximum atomic E-state index is 12.3. The third kappa shape index (κ3) is 4.73. The summed E-state index contributed by atoms with van der Waals surface area (Å²) in [7, 11) is 1.89. The number of fused-ring (bicyclic) bond motifs is 1. The van der Waals surface area contributed by atoms with Gasteiger partial charge in [-0.15, -0.1) is 0 Å². The molecule has 29 heavy (non-hydrogen) atoms. The number of halogens is 1. The minimum absolute atomic E-state index is 0.000732. The summed E-state index contributed by atoms with van der Waals surface area (Å²) in [4.78, 5) is 23.9. The van der Waals surface area contributed by atoms with Crippen molar-refractivity contribution in [2.24, 2.45) is 12.1 Å². The van der Waals surface area contributed by atoms with Gasteiger partial charge in [0.1, 0.15) is 0 Å². The monoisotopic (exact) mass is 409 g/mol. The Hall–Kier alpha value is -3.38. The van der Waals surface area contributed by atoms with Gasteiger partial charge in [-0.2, -0.15) is 10.1 Å². The normalized spacial score (nSPS) is 11.8. The van der Waals surface area contributed by atoms with E-state index >= 15 is 0 Å². The van der Waals surface area contributed by atoms with Gasteiger partial charge in [0.05, 0.1) is 6.21 Å². The third-order valence-corrected chi connectivity index (χ3v) is 4.58. The van der Waals surface area contributed by atoms with Crippen LogP contribution in [0.4, 0.5) is 0 Å². The van der Waals surface area contributed by atoms with Crippen molar-refractivity contribution in [3.63, 3.8) is 0 Å². The number of esters is 1. The van der Waals surface area contributed by atoms with Gasteiger partial charge in [0.15, 0.2) is 0 Å². The molecule has 0 aliphatic rings. The van der Waals surface area contributed by atoms with Crippen LogP contribution in [0, 0.1) is 0 Å². The first kappa shape index (κ1) is 20.4. The van der Waals surface area contributed by atoms with Gasteiger partial charge in [0, 0.05) is 54.2 Å². The molecule has 1 aromatic heterocycles. The molecule has 0 radical (unpaired) electrons. The topological polar surface area (TPSA) is 63.9 Å². The van der Waals surface area contributed by atoms with Crippen LogP contribution < -0.4 is 0 Å². The Morgan fingerprint density at radius 3 is 2.45 bits per heavy atom. The number of carbonyl (C=O) groups is 2. The lowest BCUT2D eigenvalue weighted by molar-refractivity contribution is -0.142. The highest BCUT2D eigenvalue weighted by Gasteiger charge is 2.18. The summed E-state index contributed by atoms with van der Waals surface area (Å²) in [6.45, 7) is 2.61. The van der Waals surface area contributed by atoms with Crippen LogP contribution in [0.15, 0.2) is 65.6 Å². The Kier molecular flexibility index (Phi) is 6.14. The Morgan fingerprint density at radius 2 is 1.79 bits per heavy atom. The molecule has 7 heteroatoms. The maximum Gasteiger partial charge on any atom is 0.309 e. The number of carbonyl (C=O) groups excluding carboxylic acids is 2. The van der Waals surface area contributed by atoms with Crippen LogP contribution in [-0.4, -0.2) is 27.7 Å². The van der Waals surface area contributed by atoms with Gasteiger partial charge >= 0.3 is 5.97 Å². The second kappa shape index (κ2) is 8.75. The van der Waals surface area contributed by atoms with Crippen LogP contribution in [0.25, 0.3) is 17.0 Å². The average molecular weight is 410 g/mol. The number of aryl methyl sites for hydroxylation is 1. The molecule has 0 aliphatic carbocycles. The maximum absolute atomic E-state index is 12.3. The number of hydrogen-bond acceptors (Lipinski definition) is 4. The van der Waals surface area contributed by atoms with Gasteiger partial charge in [0.2, 0.25) is 11.8 Å². The van der Waals surface area contributed by atoms with E-state index in [1.807, 2.05) is 48.0 Å². The van der Waals surface area contributed by atoms with Crippen LogP contribution in [0.1, 0.15) is 25.1 Å². The van der Waals surface area contributed by atoms with E-state index in [0.29, 0.717) is 10.6 Å². The van der Waals surface area contributed by atoms with Crippen molar-refractivity contribution in [2.45, 2.75) is 13.8 Å². The van der Waals surface area contributed by atoms with Gasteiger partial charge in [-0.3, -0.25) is 9.59 Å². The summed E-state index contributed by atoms with van der Waals surface area (Å²) in [5.74, 6) is -0.979. The first-order chi connectivity index (χ1) is 13.9. The fourth-order valence-corrected chi connectivity index (χ4v) is 3.03. The molecule has 0 atom stereocenters. The zero-order valence-corrected chi connectivity index (χ0v) is 17.1. The molecule has 6 nitrogen and oxygen atoms in total. The van der Waals surface area contributed by atoms with E-state index in [1.54, 1.807) is 24.3 Å². The molecule has 0 bridgehead atoms. The summed E-state index contributed by atoms with van der Waals surface area (Å²) in [5.41, 5.74) is 2.39. The van der Waals surface area contributed by atoms with Gasteiger partial charge in [0.25, 0.3) is 0 Å². The number of para-hydroxylation sites is 1. The summed E-state index contributed by atoms with van der Waals surface area (Å²) in [5, 5.41) is 6.75. The lowest BCUT2D eigenvalue weighted by Gasteiger charge is -2.17. The predicted octanol–water partition coefficient (Wildman–Crippen LogP) is 4.58. The van der Waals surface area contributed by atoms with Crippen molar-refractivity contribution >= 4 is 46.7 Å². The molecular formula is C22H20ClN3O3. The summed E-state index contributed by atoms with van der Waals surface area (Å²) in [6, 6.07) is 16.9. The molecular weight excluding hydrogens is 390 g/mol. The van der Waals surface area contributed by atoms with E-state index in [1.165, 1.54) is 20.1 Å². The van der Waals surface area contributed by atoms with Gasteiger partial charge in [-0.05, 0) is 18.2 Å². The molecule has 3 rings (SSSR count). The Labute approximate surface area is 173 Å². The van der Waals surface area contributed by atoms with Crippen molar-refractivity contribution in [2.75, 3.05) is 0 Å². The SMILES string of the molecule is CC(=O)O/C(=C\c1cc2ccccc2n1C)N(/N=C\c1ccccc1Cl)C(C)=O. The number of benzene rings is 2. The molecule has 0 saturated carbocycles. The van der Waals surface area contributed by atoms with E-state index in [2.05, 4.69) is 5.10 Å². The van der Waals surface area contributed by atoms with E-state index in [-0.39, 0.29) is 5.88 Å². The van der Waals surface area contributed by atoms with Crippen LogP contribution in [-0.2, 0) is 21.4 Å². The zero-order chi connectivity index (χ0) is 21.0. The molecule has 2 aromatic carbocycles. The van der Waals surface area contributed by atoms with Crippen molar-refractivity contribution in [3.8, 4) is 0 Å². The van der Waals surface area contributed by atoms with E-state index in [4.69, 9.17) is 16.3 Å². The van der Waals surface area contributed by atoms with E-state index < -0.39 is 11.9 Å². The van der Waals surface area contributed by atoms with Gasteiger partial charge < -0.3 is 9.30 Å². The van der Waals surface area contributed by atoms with Crippen LogP contribution >= 0.6 is 11.6 Å². The average Bonchev–Trinajstić information content (AvgIpc) is 2.98. The molecule has 148 valence electrons. The van der Waals surface area contributed by atoms with Crippen LogP contribution in [0.5, 0.6) is 0 Å². The fourth-order valence-electron chi connectivity index (χ4n) is 2.85. The third-order valence-electron chi connectivity index (χ3n) is 4.23. The molecule has 0 unspecified atom stereocenters. The number of hydrazone groups is 1. The number of rotatable bonds is 5. The second-order valence-corrected chi connectivity index (χ2v) is 6.77. The highest BCUT2D eigenvalue weighted by Crippen LogP contribution is 2.22. The highest BCUT2D eigenvalue weighted by molar-refractivity contribution is 6.33. The molecule has 1 amide bonds. The quantitative estimate of drug-likeness (QED) is 0.268. The predicted molar refractivity (Wildman–Crippen MR) is 114 cm³/mol. The number of amides is 1. The molecule has 0 aliphatic heterocycles. The lowest BCUT2D eigenvalue weighted by Crippen LogP contribution is -2.25. The Morgan fingerprint density at radius 1 is 1.10 bits per heavy atom. The molecule has 0 spiro atoms. The molecule has 0 N–H and O–H groups in total. The first-order valence-corrected chi connectivity index (χ1v) is 9.28. The Balaban J connectivity index is 2.05. The van der Waals surface area contributed by atoms with Crippen LogP contribution in [0.3, 0.4) is 0 Å². The summed E-state index contributed by atoms with van der Waals surface area (Å²) < 4.78 is 7.25. The smallest absolute Gasteiger partial charge is 0.309 e. The van der Waals surface area contributed by atoms with Gasteiger partial charge in [-0.1, -0.05) is 48.0 Å². The standard InChI is InChI=1S/C22H20ClN3O3/c1-15(27)26(24-14-18-9-4-6-10-20(18)23)22(29-16(2)28)13-19-12-17-8-5-7-11-21(17)25(19)3/h4-14H,1-3H3/b22-13-,24-14-. The van der Waals surface area contributed by atoms with Crippen molar-refractivity contribution < 1.29 is 14.3 Å². The minimum Gasteiger partial charge on any atom is -0.407 e. The largest absolute Gasteiger partial charge is 0.407 e. The summed E-state index contributed by atoms with van der Waals surface area (Å²) >= 11 is 6.15. The highest BCUT2D eigenvalue weighted by atomic mass is 35.5. The van der Waals surface area contributed by atoms with E-state index in [9.17, 15) is 9.59 Å². The molecule has 3 aromatic rings. The van der Waals surface area contributed by atoms with Crippen molar-refractivity contribution in [3.05, 3.63) is 76.8 Å². The van der Waals surface area contributed by atoms with Crippen LogP contribution in [0.2, 0.25) is 5.02 Å². The lowest BCUT2D eigenvalue weighted by atomic mass is 10.2. The molecule has 0 fully saturated rings. The number of nitrogens with zero attached hydrogens (tertiary/aromatic N) is 3. The number of ether oxygens (including phenoxy) is 1. The fraction of sp³-hybridized carbons (Fsp3) is 0.136. The Bertz CT molecular complexity index is 1130. The van der Waals surface area contributed by atoms with E-state index in [0.717, 1.165) is 21.6 Å². The molecule has 1 heterocycles. The number of hydrogen-bond donors (Lipinski definition) is 0. The minimum atomic E-state index is -0.561. The van der Waals surface area contributed by atoms with Crippen molar-refractivity contribution in [1.82, 2.24) is 9.58 Å². The van der Waals surface area contributed by atoms with Gasteiger partial charge in [-0.25, -0.2) is 0 Å². The summed E-state index contributed by atoms with van der Waals surface area (Å²) in [6.07, 6.45) is 3.05. The number of aromatic nitrogens is 1. The second-order valence-electron chi connectivity index (χ2n) is 6.36. The van der Waals surface area contributed by atoms with Crippen molar-refractivity contribution in [1.29, 1.82) is 0 Å². The first-order valence-electron chi connectivity index (χ1n) is 8.90. The zero-order valence-electron chi connectivity index (χ0n) is 16.3.